The number of nitrogens with one attached hydrogen (secondary N) is 1. The van der Waals surface area contributed by atoms with Crippen molar-refractivity contribution in [3.05, 3.63) is 65.2 Å². The van der Waals surface area contributed by atoms with Crippen molar-refractivity contribution in [3.8, 4) is 0 Å². The van der Waals surface area contributed by atoms with Gasteiger partial charge in [-0.15, -0.1) is 0 Å². The number of aliphatic hydroxyl groups is 1. The average molecular weight is 253 g/mol. The number of aliphatic hydroxyl groups excluding tert-OH is 1. The predicted molar refractivity (Wildman–Crippen MR) is 78.3 cm³/mol. The Kier molecular flexibility index (Phi) is 3.26. The standard InChI is InChI=1S/C17H19NO/c1-12-6-2-4-8-14(12)17(19)16-11-10-13-7-3-5-9-15(13)18-16/h2-9,16-19H,10-11H2,1H3. The van der Waals surface area contributed by atoms with Crippen molar-refractivity contribution in [1.29, 1.82) is 0 Å². The zero-order valence-corrected chi connectivity index (χ0v) is 11.1. The molecule has 1 aliphatic heterocycles. The van der Waals surface area contributed by atoms with Crippen molar-refractivity contribution in [2.75, 3.05) is 5.32 Å². The molecule has 0 spiro atoms. The Morgan fingerprint density at radius 2 is 1.84 bits per heavy atom. The predicted octanol–water partition coefficient (Wildman–Crippen LogP) is 3.46. The highest BCUT2D eigenvalue weighted by molar-refractivity contribution is 5.54. The molecule has 0 fully saturated rings. The van der Waals surface area contributed by atoms with Crippen LogP contribution in [0.1, 0.15) is 29.2 Å². The minimum Gasteiger partial charge on any atom is -0.386 e. The third-order valence-electron chi connectivity index (χ3n) is 3.97. The van der Waals surface area contributed by atoms with Crippen molar-refractivity contribution >= 4 is 5.69 Å². The van der Waals surface area contributed by atoms with E-state index in [4.69, 9.17) is 0 Å². The van der Waals surface area contributed by atoms with E-state index in [0.717, 1.165) is 29.7 Å². The highest BCUT2D eigenvalue weighted by Gasteiger charge is 2.25. The normalized spacial score (nSPS) is 19.4. The molecule has 2 N–H and O–H groups in total. The maximum Gasteiger partial charge on any atom is 0.0993 e. The molecule has 2 aromatic rings. The average Bonchev–Trinajstić information content (AvgIpc) is 2.46. The fourth-order valence-electron chi connectivity index (χ4n) is 2.83. The molecule has 0 saturated heterocycles. The molecule has 0 radical (unpaired) electrons. The van der Waals surface area contributed by atoms with Gasteiger partial charge < -0.3 is 10.4 Å². The van der Waals surface area contributed by atoms with Crippen LogP contribution in [0.4, 0.5) is 5.69 Å². The van der Waals surface area contributed by atoms with Gasteiger partial charge in [0.05, 0.1) is 12.1 Å². The van der Waals surface area contributed by atoms with E-state index < -0.39 is 6.10 Å². The molecule has 2 unspecified atom stereocenters. The molecule has 2 aromatic carbocycles. The second-order valence-electron chi connectivity index (χ2n) is 5.25. The van der Waals surface area contributed by atoms with E-state index in [-0.39, 0.29) is 6.04 Å². The van der Waals surface area contributed by atoms with Crippen LogP contribution in [0.15, 0.2) is 48.5 Å². The fourth-order valence-corrected chi connectivity index (χ4v) is 2.83. The Labute approximate surface area is 114 Å². The van der Waals surface area contributed by atoms with Gasteiger partial charge in [0, 0.05) is 5.69 Å². The van der Waals surface area contributed by atoms with E-state index in [1.807, 2.05) is 24.3 Å². The highest BCUT2D eigenvalue weighted by atomic mass is 16.3. The van der Waals surface area contributed by atoms with Gasteiger partial charge in [0.2, 0.25) is 0 Å². The molecule has 0 aliphatic carbocycles. The lowest BCUT2D eigenvalue weighted by atomic mass is 9.90. The number of hydrogen-bond acceptors (Lipinski definition) is 2. The SMILES string of the molecule is Cc1ccccc1C(O)C1CCc2ccccc2N1. The Bertz CT molecular complexity index is 579. The van der Waals surface area contributed by atoms with Crippen LogP contribution in [0.5, 0.6) is 0 Å². The number of anilines is 1. The van der Waals surface area contributed by atoms with Crippen LogP contribution in [0, 0.1) is 6.92 Å². The number of rotatable bonds is 2. The maximum atomic E-state index is 10.6. The van der Waals surface area contributed by atoms with Gasteiger partial charge in [0.15, 0.2) is 0 Å². The van der Waals surface area contributed by atoms with Crippen molar-refractivity contribution in [3.63, 3.8) is 0 Å². The summed E-state index contributed by atoms with van der Waals surface area (Å²) in [5.74, 6) is 0. The molecule has 3 rings (SSSR count). The van der Waals surface area contributed by atoms with Gasteiger partial charge >= 0.3 is 0 Å². The number of fused-ring (bicyclic) bond motifs is 1. The molecule has 0 saturated carbocycles. The van der Waals surface area contributed by atoms with Gasteiger partial charge in [-0.3, -0.25) is 0 Å². The zero-order chi connectivity index (χ0) is 13.2. The molecule has 0 amide bonds. The summed E-state index contributed by atoms with van der Waals surface area (Å²) < 4.78 is 0. The molecule has 2 nitrogen and oxygen atoms in total. The quantitative estimate of drug-likeness (QED) is 0.859. The molecular weight excluding hydrogens is 234 g/mol. The molecule has 98 valence electrons. The van der Waals surface area contributed by atoms with Crippen LogP contribution in [-0.4, -0.2) is 11.1 Å². The summed E-state index contributed by atoms with van der Waals surface area (Å²) in [6.45, 7) is 2.05. The van der Waals surface area contributed by atoms with Gasteiger partial charge in [-0.05, 0) is 42.5 Å². The highest BCUT2D eigenvalue weighted by Crippen LogP contribution is 2.31. The first kappa shape index (κ1) is 12.2. The number of benzene rings is 2. The zero-order valence-electron chi connectivity index (χ0n) is 11.1. The van der Waals surface area contributed by atoms with E-state index in [1.54, 1.807) is 0 Å². The van der Waals surface area contributed by atoms with Crippen molar-refractivity contribution in [1.82, 2.24) is 0 Å². The van der Waals surface area contributed by atoms with Crippen LogP contribution < -0.4 is 5.32 Å². The van der Waals surface area contributed by atoms with Crippen molar-refractivity contribution < 1.29 is 5.11 Å². The summed E-state index contributed by atoms with van der Waals surface area (Å²) in [7, 11) is 0. The molecule has 2 atom stereocenters. The van der Waals surface area contributed by atoms with Crippen LogP contribution in [0.2, 0.25) is 0 Å². The molecule has 0 bridgehead atoms. The summed E-state index contributed by atoms with van der Waals surface area (Å²) in [6, 6.07) is 16.5. The van der Waals surface area contributed by atoms with Crippen molar-refractivity contribution in [2.24, 2.45) is 0 Å². The van der Waals surface area contributed by atoms with E-state index >= 15 is 0 Å². The molecule has 2 heteroatoms. The van der Waals surface area contributed by atoms with Crippen LogP contribution in [0.3, 0.4) is 0 Å². The third kappa shape index (κ3) is 2.36. The first-order chi connectivity index (χ1) is 9.25. The summed E-state index contributed by atoms with van der Waals surface area (Å²) >= 11 is 0. The fraction of sp³-hybridized carbons (Fsp3) is 0.294. The smallest absolute Gasteiger partial charge is 0.0993 e. The van der Waals surface area contributed by atoms with E-state index in [1.165, 1.54) is 5.56 Å². The van der Waals surface area contributed by atoms with Gasteiger partial charge in [-0.1, -0.05) is 42.5 Å². The van der Waals surface area contributed by atoms with Crippen LogP contribution >= 0.6 is 0 Å². The second kappa shape index (κ2) is 5.06. The maximum absolute atomic E-state index is 10.6. The van der Waals surface area contributed by atoms with Crippen molar-refractivity contribution in [2.45, 2.75) is 31.9 Å². The van der Waals surface area contributed by atoms with Gasteiger partial charge in [-0.2, -0.15) is 0 Å². The first-order valence-electron chi connectivity index (χ1n) is 6.84. The monoisotopic (exact) mass is 253 g/mol. The summed E-state index contributed by atoms with van der Waals surface area (Å²) in [6.07, 6.45) is 1.54. The molecule has 0 aromatic heterocycles. The molecule has 1 heterocycles. The van der Waals surface area contributed by atoms with E-state index in [0.29, 0.717) is 0 Å². The lowest BCUT2D eigenvalue weighted by molar-refractivity contribution is 0.148. The molecule has 19 heavy (non-hydrogen) atoms. The first-order valence-corrected chi connectivity index (χ1v) is 6.84. The van der Waals surface area contributed by atoms with Crippen LogP contribution in [-0.2, 0) is 6.42 Å². The minimum absolute atomic E-state index is 0.0935. The second-order valence-corrected chi connectivity index (χ2v) is 5.25. The van der Waals surface area contributed by atoms with E-state index in [2.05, 4.69) is 36.5 Å². The lowest BCUT2D eigenvalue weighted by Crippen LogP contribution is -2.32. The Morgan fingerprint density at radius 1 is 1.11 bits per heavy atom. The Morgan fingerprint density at radius 3 is 2.68 bits per heavy atom. The third-order valence-corrected chi connectivity index (χ3v) is 3.97. The number of hydrogen-bond donors (Lipinski definition) is 2. The minimum atomic E-state index is -0.449. The number of para-hydroxylation sites is 1. The van der Waals surface area contributed by atoms with Gasteiger partial charge in [0.25, 0.3) is 0 Å². The summed E-state index contributed by atoms with van der Waals surface area (Å²) in [4.78, 5) is 0. The summed E-state index contributed by atoms with van der Waals surface area (Å²) in [5, 5.41) is 14.1. The topological polar surface area (TPSA) is 32.3 Å². The molecular formula is C17H19NO. The largest absolute Gasteiger partial charge is 0.386 e. The van der Waals surface area contributed by atoms with Crippen LogP contribution in [0.25, 0.3) is 0 Å². The summed E-state index contributed by atoms with van der Waals surface area (Å²) in [5.41, 5.74) is 4.68. The van der Waals surface area contributed by atoms with Gasteiger partial charge in [0.1, 0.15) is 0 Å². The van der Waals surface area contributed by atoms with E-state index in [9.17, 15) is 5.11 Å². The number of aryl methyl sites for hydroxylation is 2. The Hall–Kier alpha value is -1.80. The molecule has 1 aliphatic rings. The van der Waals surface area contributed by atoms with Gasteiger partial charge in [-0.25, -0.2) is 0 Å². The Balaban J connectivity index is 1.83. The lowest BCUT2D eigenvalue weighted by Gasteiger charge is -2.31.